The number of hydrogen-bond acceptors (Lipinski definition) is 3. The lowest BCUT2D eigenvalue weighted by Crippen LogP contribution is -2.62. The maximum Gasteiger partial charge on any atom is 0.0144 e. The second kappa shape index (κ2) is 6.55. The molecule has 0 bridgehead atoms. The van der Waals surface area contributed by atoms with Crippen molar-refractivity contribution in [2.45, 2.75) is 84.5 Å². The lowest BCUT2D eigenvalue weighted by molar-refractivity contribution is 0.141. The third-order valence-electron chi connectivity index (χ3n) is 4.16. The van der Waals surface area contributed by atoms with Crippen molar-refractivity contribution in [3.05, 3.63) is 0 Å². The van der Waals surface area contributed by atoms with Gasteiger partial charge in [-0.05, 0) is 60.9 Å². The molecule has 0 aromatic heterocycles. The Morgan fingerprint density at radius 1 is 1.16 bits per heavy atom. The first-order valence-electron chi connectivity index (χ1n) is 7.92. The summed E-state index contributed by atoms with van der Waals surface area (Å²) in [4.78, 5) is 2.52. The molecule has 0 unspecified atom stereocenters. The van der Waals surface area contributed by atoms with Crippen LogP contribution in [0.4, 0.5) is 0 Å². The molecular formula is C16H35N3. The molecule has 3 heteroatoms. The molecule has 2 N–H and O–H groups in total. The summed E-state index contributed by atoms with van der Waals surface area (Å²) in [5.41, 5.74) is 0.476. The molecule has 1 fully saturated rings. The van der Waals surface area contributed by atoms with Gasteiger partial charge in [0.2, 0.25) is 0 Å². The molecule has 1 rings (SSSR count). The van der Waals surface area contributed by atoms with Crippen molar-refractivity contribution < 1.29 is 0 Å². The highest BCUT2D eigenvalue weighted by atomic mass is 15.2. The summed E-state index contributed by atoms with van der Waals surface area (Å²) in [7, 11) is 0. The maximum absolute atomic E-state index is 3.77. The average molecular weight is 269 g/mol. The van der Waals surface area contributed by atoms with Crippen LogP contribution in [-0.4, -0.2) is 47.7 Å². The van der Waals surface area contributed by atoms with Crippen LogP contribution in [0.15, 0.2) is 0 Å². The summed E-state index contributed by atoms with van der Waals surface area (Å²) in [6, 6.07) is 1.28. The lowest BCUT2D eigenvalue weighted by atomic mass is 9.79. The summed E-state index contributed by atoms with van der Waals surface area (Å²) in [5.74, 6) is 0. The molecule has 0 radical (unpaired) electrons. The number of hydrogen-bond donors (Lipinski definition) is 2. The molecule has 0 aromatic rings. The maximum atomic E-state index is 3.77. The summed E-state index contributed by atoms with van der Waals surface area (Å²) in [5, 5.41) is 7.51. The summed E-state index contributed by atoms with van der Waals surface area (Å²) in [6.45, 7) is 19.5. The lowest BCUT2D eigenvalue weighted by Gasteiger charge is -2.47. The van der Waals surface area contributed by atoms with E-state index in [-0.39, 0.29) is 11.1 Å². The van der Waals surface area contributed by atoms with E-state index in [1.807, 2.05) is 0 Å². The van der Waals surface area contributed by atoms with Gasteiger partial charge in [-0.3, -0.25) is 4.90 Å². The first-order chi connectivity index (χ1) is 8.65. The first-order valence-corrected chi connectivity index (χ1v) is 7.92. The van der Waals surface area contributed by atoms with Crippen LogP contribution >= 0.6 is 0 Å². The van der Waals surface area contributed by atoms with Crippen molar-refractivity contribution in [1.82, 2.24) is 15.5 Å². The zero-order chi connectivity index (χ0) is 14.7. The number of likely N-dealkylation sites (N-methyl/N-ethyl adjacent to an activating group) is 1. The van der Waals surface area contributed by atoms with E-state index in [0.29, 0.717) is 12.1 Å². The van der Waals surface area contributed by atoms with Gasteiger partial charge in [-0.2, -0.15) is 0 Å². The number of rotatable bonds is 6. The van der Waals surface area contributed by atoms with Crippen LogP contribution in [0.25, 0.3) is 0 Å². The predicted molar refractivity (Wildman–Crippen MR) is 84.7 cm³/mol. The molecule has 1 saturated heterocycles. The third kappa shape index (κ3) is 5.80. The van der Waals surface area contributed by atoms with Gasteiger partial charge in [-0.25, -0.2) is 0 Å². The largest absolute Gasteiger partial charge is 0.313 e. The van der Waals surface area contributed by atoms with Crippen molar-refractivity contribution >= 4 is 0 Å². The van der Waals surface area contributed by atoms with Crippen LogP contribution in [0.2, 0.25) is 0 Å². The molecular weight excluding hydrogens is 234 g/mol. The topological polar surface area (TPSA) is 27.3 Å². The van der Waals surface area contributed by atoms with E-state index in [0.717, 1.165) is 19.6 Å². The SMILES string of the molecule is CCN(CCNC1CC(C)(C)NC(C)(C)C1)C(C)C. The molecule has 0 atom stereocenters. The van der Waals surface area contributed by atoms with E-state index in [1.165, 1.54) is 12.8 Å². The molecule has 1 aliphatic heterocycles. The van der Waals surface area contributed by atoms with Gasteiger partial charge in [0.1, 0.15) is 0 Å². The molecule has 0 amide bonds. The molecule has 0 saturated carbocycles. The summed E-state index contributed by atoms with van der Waals surface area (Å²) >= 11 is 0. The summed E-state index contributed by atoms with van der Waals surface area (Å²) < 4.78 is 0. The fourth-order valence-electron chi connectivity index (χ4n) is 3.66. The predicted octanol–water partition coefficient (Wildman–Crippen LogP) is 2.62. The average Bonchev–Trinajstić information content (AvgIpc) is 2.19. The van der Waals surface area contributed by atoms with Crippen LogP contribution in [0, 0.1) is 0 Å². The van der Waals surface area contributed by atoms with Gasteiger partial charge < -0.3 is 10.6 Å². The van der Waals surface area contributed by atoms with Crippen molar-refractivity contribution in [3.8, 4) is 0 Å². The summed E-state index contributed by atoms with van der Waals surface area (Å²) in [6.07, 6.45) is 2.43. The van der Waals surface area contributed by atoms with Gasteiger partial charge >= 0.3 is 0 Å². The molecule has 0 aliphatic carbocycles. The molecule has 1 heterocycles. The first kappa shape index (κ1) is 16.9. The highest BCUT2D eigenvalue weighted by Gasteiger charge is 2.37. The molecule has 0 aromatic carbocycles. The van der Waals surface area contributed by atoms with E-state index >= 15 is 0 Å². The minimum Gasteiger partial charge on any atom is -0.313 e. The minimum absolute atomic E-state index is 0.238. The van der Waals surface area contributed by atoms with Gasteiger partial charge in [-0.1, -0.05) is 6.92 Å². The van der Waals surface area contributed by atoms with Gasteiger partial charge in [0.15, 0.2) is 0 Å². The Hall–Kier alpha value is -0.120. The Labute approximate surface area is 120 Å². The number of nitrogens with zero attached hydrogens (tertiary/aromatic N) is 1. The molecule has 0 spiro atoms. The number of piperidine rings is 1. The van der Waals surface area contributed by atoms with E-state index in [9.17, 15) is 0 Å². The van der Waals surface area contributed by atoms with Crippen LogP contribution in [0.5, 0.6) is 0 Å². The molecule has 1 aliphatic rings. The van der Waals surface area contributed by atoms with E-state index < -0.39 is 0 Å². The fourth-order valence-corrected chi connectivity index (χ4v) is 3.66. The Morgan fingerprint density at radius 2 is 1.68 bits per heavy atom. The van der Waals surface area contributed by atoms with Gasteiger partial charge in [0.25, 0.3) is 0 Å². The van der Waals surface area contributed by atoms with Gasteiger partial charge in [0.05, 0.1) is 0 Å². The standard InChI is InChI=1S/C16H35N3/c1-8-19(13(2)3)10-9-17-14-11-15(4,5)18-16(6,7)12-14/h13-14,17-18H,8-12H2,1-7H3. The van der Waals surface area contributed by atoms with Crippen molar-refractivity contribution in [3.63, 3.8) is 0 Å². The zero-order valence-corrected chi connectivity index (χ0v) is 14.1. The van der Waals surface area contributed by atoms with E-state index in [1.54, 1.807) is 0 Å². The Bertz CT molecular complexity index is 255. The highest BCUT2D eigenvalue weighted by Crippen LogP contribution is 2.28. The second-order valence-corrected chi connectivity index (χ2v) is 7.67. The zero-order valence-electron chi connectivity index (χ0n) is 14.1. The van der Waals surface area contributed by atoms with Crippen molar-refractivity contribution in [1.29, 1.82) is 0 Å². The highest BCUT2D eigenvalue weighted by molar-refractivity contribution is 4.99. The number of nitrogens with one attached hydrogen (secondary N) is 2. The smallest absolute Gasteiger partial charge is 0.0144 e. The minimum atomic E-state index is 0.238. The van der Waals surface area contributed by atoms with Gasteiger partial charge in [-0.15, -0.1) is 0 Å². The van der Waals surface area contributed by atoms with Crippen LogP contribution < -0.4 is 10.6 Å². The van der Waals surface area contributed by atoms with Crippen molar-refractivity contribution in [2.75, 3.05) is 19.6 Å². The van der Waals surface area contributed by atoms with Crippen LogP contribution in [0.3, 0.4) is 0 Å². The quantitative estimate of drug-likeness (QED) is 0.776. The normalized spacial score (nSPS) is 23.2. The molecule has 19 heavy (non-hydrogen) atoms. The monoisotopic (exact) mass is 269 g/mol. The fraction of sp³-hybridized carbons (Fsp3) is 1.00. The molecule has 3 nitrogen and oxygen atoms in total. The Balaban J connectivity index is 2.40. The van der Waals surface area contributed by atoms with E-state index in [2.05, 4.69) is 64.0 Å². The van der Waals surface area contributed by atoms with Crippen LogP contribution in [0.1, 0.15) is 61.3 Å². The second-order valence-electron chi connectivity index (χ2n) is 7.67. The Kier molecular flexibility index (Phi) is 5.84. The Morgan fingerprint density at radius 3 is 2.11 bits per heavy atom. The van der Waals surface area contributed by atoms with E-state index in [4.69, 9.17) is 0 Å². The van der Waals surface area contributed by atoms with Gasteiger partial charge in [0, 0.05) is 36.3 Å². The third-order valence-corrected chi connectivity index (χ3v) is 4.16. The van der Waals surface area contributed by atoms with Crippen molar-refractivity contribution in [2.24, 2.45) is 0 Å². The van der Waals surface area contributed by atoms with Crippen LogP contribution in [-0.2, 0) is 0 Å². The molecule has 114 valence electrons.